The standard InChI is InChI=1S/C15H11ClFNO/c16-14-8-7-13(19-14)15(18)11-5-6-12(17)10-4-2-1-3-9(10)11/h1-8,15H,18H2. The molecule has 0 spiro atoms. The molecule has 3 aromatic rings. The molecule has 0 aliphatic heterocycles. The van der Waals surface area contributed by atoms with Crippen molar-refractivity contribution in [2.45, 2.75) is 6.04 Å². The Bertz CT molecular complexity index is 738. The van der Waals surface area contributed by atoms with Gasteiger partial charge in [-0.1, -0.05) is 30.3 Å². The normalized spacial score (nSPS) is 12.8. The Hall–Kier alpha value is -1.84. The minimum absolute atomic E-state index is 0.260. The van der Waals surface area contributed by atoms with Gasteiger partial charge in [0.15, 0.2) is 5.22 Å². The minimum Gasteiger partial charge on any atom is -0.448 e. The van der Waals surface area contributed by atoms with Crippen molar-refractivity contribution < 1.29 is 8.81 Å². The van der Waals surface area contributed by atoms with Gasteiger partial charge in [0.1, 0.15) is 11.6 Å². The van der Waals surface area contributed by atoms with Gasteiger partial charge in [-0.2, -0.15) is 0 Å². The largest absolute Gasteiger partial charge is 0.448 e. The second kappa shape index (κ2) is 4.68. The van der Waals surface area contributed by atoms with Gasteiger partial charge >= 0.3 is 0 Å². The van der Waals surface area contributed by atoms with E-state index in [9.17, 15) is 4.39 Å². The molecular formula is C15H11ClFNO. The van der Waals surface area contributed by atoms with E-state index >= 15 is 0 Å². The van der Waals surface area contributed by atoms with Crippen LogP contribution in [0.5, 0.6) is 0 Å². The summed E-state index contributed by atoms with van der Waals surface area (Å²) in [5.74, 6) is 0.297. The molecular weight excluding hydrogens is 265 g/mol. The molecule has 19 heavy (non-hydrogen) atoms. The van der Waals surface area contributed by atoms with Crippen LogP contribution in [0.25, 0.3) is 10.8 Å². The van der Waals surface area contributed by atoms with E-state index in [1.807, 2.05) is 12.1 Å². The molecule has 0 fully saturated rings. The SMILES string of the molecule is NC(c1ccc(Cl)o1)c1ccc(F)c2ccccc12. The van der Waals surface area contributed by atoms with Crippen LogP contribution in [0.1, 0.15) is 17.4 Å². The van der Waals surface area contributed by atoms with Crippen LogP contribution in [0.2, 0.25) is 5.22 Å². The maximum atomic E-state index is 13.8. The molecule has 3 rings (SSSR count). The number of hydrogen-bond donors (Lipinski definition) is 1. The maximum Gasteiger partial charge on any atom is 0.193 e. The van der Waals surface area contributed by atoms with E-state index in [1.165, 1.54) is 6.07 Å². The van der Waals surface area contributed by atoms with Gasteiger partial charge in [0.25, 0.3) is 0 Å². The first-order valence-electron chi connectivity index (χ1n) is 5.85. The zero-order valence-electron chi connectivity index (χ0n) is 9.94. The third-order valence-electron chi connectivity index (χ3n) is 3.14. The second-order valence-corrected chi connectivity index (χ2v) is 4.67. The van der Waals surface area contributed by atoms with Crippen molar-refractivity contribution in [1.29, 1.82) is 0 Å². The highest BCUT2D eigenvalue weighted by Gasteiger charge is 2.16. The number of benzene rings is 2. The van der Waals surface area contributed by atoms with Crippen molar-refractivity contribution in [2.75, 3.05) is 0 Å². The highest BCUT2D eigenvalue weighted by atomic mass is 35.5. The van der Waals surface area contributed by atoms with Crippen LogP contribution in [-0.2, 0) is 0 Å². The van der Waals surface area contributed by atoms with Crippen molar-refractivity contribution in [2.24, 2.45) is 5.73 Å². The van der Waals surface area contributed by atoms with E-state index < -0.39 is 6.04 Å². The summed E-state index contributed by atoms with van der Waals surface area (Å²) in [6.45, 7) is 0. The van der Waals surface area contributed by atoms with Crippen molar-refractivity contribution in [1.82, 2.24) is 0 Å². The summed E-state index contributed by atoms with van der Waals surface area (Å²) in [6.07, 6.45) is 0. The van der Waals surface area contributed by atoms with Crippen LogP contribution >= 0.6 is 11.6 Å². The van der Waals surface area contributed by atoms with Crippen LogP contribution in [0.4, 0.5) is 4.39 Å². The number of halogens is 2. The lowest BCUT2D eigenvalue weighted by Crippen LogP contribution is -2.11. The fourth-order valence-electron chi connectivity index (χ4n) is 2.21. The van der Waals surface area contributed by atoms with Crippen LogP contribution in [0.3, 0.4) is 0 Å². The first kappa shape index (κ1) is 12.2. The molecule has 2 aromatic carbocycles. The summed E-state index contributed by atoms with van der Waals surface area (Å²) in [7, 11) is 0. The average Bonchev–Trinajstić information content (AvgIpc) is 2.86. The first-order chi connectivity index (χ1) is 9.16. The van der Waals surface area contributed by atoms with E-state index in [0.29, 0.717) is 11.1 Å². The molecule has 2 N–H and O–H groups in total. The number of hydrogen-bond acceptors (Lipinski definition) is 2. The average molecular weight is 276 g/mol. The van der Waals surface area contributed by atoms with Gasteiger partial charge in [0.2, 0.25) is 0 Å². The van der Waals surface area contributed by atoms with Gasteiger partial charge in [0.05, 0.1) is 6.04 Å². The molecule has 0 bridgehead atoms. The molecule has 1 heterocycles. The number of fused-ring (bicyclic) bond motifs is 1. The molecule has 2 nitrogen and oxygen atoms in total. The third kappa shape index (κ3) is 2.11. The Morgan fingerprint density at radius 2 is 1.74 bits per heavy atom. The summed E-state index contributed by atoms with van der Waals surface area (Å²) >= 11 is 5.75. The lowest BCUT2D eigenvalue weighted by Gasteiger charge is -2.13. The van der Waals surface area contributed by atoms with Gasteiger partial charge in [-0.3, -0.25) is 0 Å². The minimum atomic E-state index is -0.474. The van der Waals surface area contributed by atoms with Crippen LogP contribution in [0.15, 0.2) is 52.9 Å². The summed E-state index contributed by atoms with van der Waals surface area (Å²) in [5.41, 5.74) is 6.98. The fraction of sp³-hybridized carbons (Fsp3) is 0.0667. The van der Waals surface area contributed by atoms with Crippen molar-refractivity contribution in [3.05, 3.63) is 70.9 Å². The van der Waals surface area contributed by atoms with Gasteiger partial charge in [-0.05, 0) is 40.7 Å². The zero-order valence-corrected chi connectivity index (χ0v) is 10.7. The van der Waals surface area contributed by atoms with Crippen molar-refractivity contribution in [3.8, 4) is 0 Å². The predicted octanol–water partition coefficient (Wildman–Crippen LogP) is 4.27. The molecule has 0 aliphatic carbocycles. The van der Waals surface area contributed by atoms with Crippen LogP contribution < -0.4 is 5.73 Å². The van der Waals surface area contributed by atoms with Gasteiger partial charge < -0.3 is 10.2 Å². The lowest BCUT2D eigenvalue weighted by molar-refractivity contribution is 0.492. The molecule has 1 atom stereocenters. The Morgan fingerprint density at radius 3 is 2.42 bits per heavy atom. The molecule has 96 valence electrons. The molecule has 0 saturated heterocycles. The van der Waals surface area contributed by atoms with E-state index in [0.717, 1.165) is 10.9 Å². The zero-order chi connectivity index (χ0) is 13.4. The molecule has 0 aliphatic rings. The number of furan rings is 1. The van der Waals surface area contributed by atoms with Gasteiger partial charge in [-0.25, -0.2) is 4.39 Å². The summed E-state index contributed by atoms with van der Waals surface area (Å²) in [6, 6.07) is 13.2. The highest BCUT2D eigenvalue weighted by Crippen LogP contribution is 2.30. The molecule has 0 radical (unpaired) electrons. The summed E-state index contributed by atoms with van der Waals surface area (Å²) in [4.78, 5) is 0. The van der Waals surface area contributed by atoms with E-state index in [-0.39, 0.29) is 11.0 Å². The molecule has 0 amide bonds. The van der Waals surface area contributed by atoms with Crippen molar-refractivity contribution in [3.63, 3.8) is 0 Å². The fourth-order valence-corrected chi connectivity index (χ4v) is 2.36. The van der Waals surface area contributed by atoms with Crippen LogP contribution in [-0.4, -0.2) is 0 Å². The molecule has 1 unspecified atom stereocenters. The van der Waals surface area contributed by atoms with E-state index in [1.54, 1.807) is 30.3 Å². The monoisotopic (exact) mass is 275 g/mol. The van der Waals surface area contributed by atoms with Crippen molar-refractivity contribution >= 4 is 22.4 Å². The Balaban J connectivity index is 2.18. The summed E-state index contributed by atoms with van der Waals surface area (Å²) in [5, 5.41) is 1.62. The Morgan fingerprint density at radius 1 is 1.00 bits per heavy atom. The molecule has 4 heteroatoms. The quantitative estimate of drug-likeness (QED) is 0.758. The highest BCUT2D eigenvalue weighted by molar-refractivity contribution is 6.28. The van der Waals surface area contributed by atoms with Crippen LogP contribution in [0, 0.1) is 5.82 Å². The lowest BCUT2D eigenvalue weighted by atomic mass is 9.97. The predicted molar refractivity (Wildman–Crippen MR) is 73.7 cm³/mol. The van der Waals surface area contributed by atoms with E-state index in [2.05, 4.69) is 0 Å². The first-order valence-corrected chi connectivity index (χ1v) is 6.22. The van der Waals surface area contributed by atoms with Gasteiger partial charge in [0, 0.05) is 5.39 Å². The van der Waals surface area contributed by atoms with E-state index in [4.69, 9.17) is 21.8 Å². The molecule has 0 saturated carbocycles. The summed E-state index contributed by atoms with van der Waals surface area (Å²) < 4.78 is 19.1. The molecule has 1 aromatic heterocycles. The number of nitrogens with two attached hydrogens (primary N) is 1. The maximum absolute atomic E-state index is 13.8. The third-order valence-corrected chi connectivity index (χ3v) is 3.34. The smallest absolute Gasteiger partial charge is 0.193 e. The topological polar surface area (TPSA) is 39.2 Å². The Labute approximate surface area is 114 Å². The number of rotatable bonds is 2. The van der Waals surface area contributed by atoms with Gasteiger partial charge in [-0.15, -0.1) is 0 Å². The second-order valence-electron chi connectivity index (χ2n) is 4.30. The Kier molecular flexibility index (Phi) is 3.01.